The van der Waals surface area contributed by atoms with E-state index in [0.29, 0.717) is 5.82 Å². The third-order valence-electron chi connectivity index (χ3n) is 2.14. The fourth-order valence-electron chi connectivity index (χ4n) is 1.37. The van der Waals surface area contributed by atoms with E-state index in [1.807, 2.05) is 30.3 Å². The van der Waals surface area contributed by atoms with E-state index in [9.17, 15) is 0 Å². The topological polar surface area (TPSA) is 77.0 Å². The fourth-order valence-corrected chi connectivity index (χ4v) is 1.37. The molecule has 0 saturated carbocycles. The molecular weight excluding hydrogens is 192 g/mol. The Morgan fingerprint density at radius 2 is 2.07 bits per heavy atom. The maximum atomic E-state index is 8.97. The van der Waals surface area contributed by atoms with E-state index in [1.165, 1.54) is 0 Å². The Hall–Kier alpha value is -1.72. The van der Waals surface area contributed by atoms with Crippen LogP contribution in [0.25, 0.3) is 5.69 Å². The van der Waals surface area contributed by atoms with Gasteiger partial charge in [0.05, 0.1) is 12.6 Å². The molecule has 0 fully saturated rings. The molecule has 0 saturated heterocycles. The number of para-hydroxylation sites is 1. The van der Waals surface area contributed by atoms with Gasteiger partial charge in [0.2, 0.25) is 0 Å². The smallest absolute Gasteiger partial charge is 0.156 e. The van der Waals surface area contributed by atoms with Crippen LogP contribution in [0.3, 0.4) is 0 Å². The Balaban J connectivity index is 2.41. The number of nitrogens with two attached hydrogens (primary N) is 1. The summed E-state index contributed by atoms with van der Waals surface area (Å²) in [5.74, 6) is 0.559. The summed E-state index contributed by atoms with van der Waals surface area (Å²) in [5.41, 5.74) is 6.64. The van der Waals surface area contributed by atoms with Gasteiger partial charge in [0.15, 0.2) is 5.82 Å². The zero-order valence-electron chi connectivity index (χ0n) is 8.11. The van der Waals surface area contributed by atoms with Gasteiger partial charge in [-0.1, -0.05) is 18.2 Å². The molecule has 5 heteroatoms. The van der Waals surface area contributed by atoms with Crippen molar-refractivity contribution in [2.75, 3.05) is 6.61 Å². The predicted octanol–water partition coefficient (Wildman–Crippen LogP) is 0.259. The maximum Gasteiger partial charge on any atom is 0.156 e. The SMILES string of the molecule is N[C@H](CO)c1nncn1-c1ccccc1. The van der Waals surface area contributed by atoms with E-state index in [0.717, 1.165) is 5.69 Å². The molecule has 1 aromatic carbocycles. The largest absolute Gasteiger partial charge is 0.394 e. The molecule has 0 radical (unpaired) electrons. The van der Waals surface area contributed by atoms with Crippen LogP contribution < -0.4 is 5.73 Å². The van der Waals surface area contributed by atoms with Crippen molar-refractivity contribution in [1.82, 2.24) is 14.8 Å². The Morgan fingerprint density at radius 3 is 2.73 bits per heavy atom. The lowest BCUT2D eigenvalue weighted by Crippen LogP contribution is -2.19. The molecule has 0 bridgehead atoms. The van der Waals surface area contributed by atoms with Gasteiger partial charge in [-0.05, 0) is 12.1 Å². The number of aliphatic hydroxyl groups excluding tert-OH is 1. The minimum atomic E-state index is -0.507. The molecule has 1 atom stereocenters. The molecule has 3 N–H and O–H groups in total. The van der Waals surface area contributed by atoms with Gasteiger partial charge in [-0.15, -0.1) is 10.2 Å². The summed E-state index contributed by atoms with van der Waals surface area (Å²) in [6.07, 6.45) is 1.58. The highest BCUT2D eigenvalue weighted by Crippen LogP contribution is 2.12. The van der Waals surface area contributed by atoms with Crippen LogP contribution in [-0.2, 0) is 0 Å². The molecule has 1 aromatic heterocycles. The van der Waals surface area contributed by atoms with E-state index < -0.39 is 6.04 Å². The molecule has 0 aliphatic heterocycles. The van der Waals surface area contributed by atoms with Crippen LogP contribution in [0.1, 0.15) is 11.9 Å². The molecule has 0 amide bonds. The van der Waals surface area contributed by atoms with Crippen LogP contribution in [0, 0.1) is 0 Å². The number of hydrogen-bond donors (Lipinski definition) is 2. The summed E-state index contributed by atoms with van der Waals surface area (Å²) in [5, 5.41) is 16.7. The van der Waals surface area contributed by atoms with Crippen molar-refractivity contribution < 1.29 is 5.11 Å². The Labute approximate surface area is 87.2 Å². The number of nitrogens with zero attached hydrogens (tertiary/aromatic N) is 3. The van der Waals surface area contributed by atoms with E-state index in [4.69, 9.17) is 10.8 Å². The van der Waals surface area contributed by atoms with E-state index in [-0.39, 0.29) is 6.61 Å². The van der Waals surface area contributed by atoms with Gasteiger partial charge >= 0.3 is 0 Å². The molecule has 0 spiro atoms. The number of benzene rings is 1. The summed E-state index contributed by atoms with van der Waals surface area (Å²) in [7, 11) is 0. The van der Waals surface area contributed by atoms with Gasteiger partial charge in [0.25, 0.3) is 0 Å². The molecular formula is C10H12N4O. The Morgan fingerprint density at radius 1 is 1.33 bits per heavy atom. The fraction of sp³-hybridized carbons (Fsp3) is 0.200. The first kappa shape index (κ1) is 9.82. The van der Waals surface area contributed by atoms with Crippen LogP contribution in [0.15, 0.2) is 36.7 Å². The second-order valence-electron chi connectivity index (χ2n) is 3.18. The Bertz CT molecular complexity index is 426. The predicted molar refractivity (Wildman–Crippen MR) is 55.4 cm³/mol. The van der Waals surface area contributed by atoms with Crippen LogP contribution in [0.4, 0.5) is 0 Å². The molecule has 78 valence electrons. The third-order valence-corrected chi connectivity index (χ3v) is 2.14. The monoisotopic (exact) mass is 204 g/mol. The van der Waals surface area contributed by atoms with Crippen molar-refractivity contribution in [3.63, 3.8) is 0 Å². The summed E-state index contributed by atoms with van der Waals surface area (Å²) >= 11 is 0. The van der Waals surface area contributed by atoms with Crippen molar-refractivity contribution >= 4 is 0 Å². The van der Waals surface area contributed by atoms with Crippen molar-refractivity contribution in [2.45, 2.75) is 6.04 Å². The lowest BCUT2D eigenvalue weighted by Gasteiger charge is -2.09. The minimum Gasteiger partial charge on any atom is -0.394 e. The van der Waals surface area contributed by atoms with Crippen LogP contribution >= 0.6 is 0 Å². The van der Waals surface area contributed by atoms with Gasteiger partial charge in [-0.2, -0.15) is 0 Å². The van der Waals surface area contributed by atoms with E-state index >= 15 is 0 Å². The van der Waals surface area contributed by atoms with Gasteiger partial charge in [-0.3, -0.25) is 4.57 Å². The molecule has 15 heavy (non-hydrogen) atoms. The molecule has 2 rings (SSSR count). The van der Waals surface area contributed by atoms with Crippen molar-refractivity contribution in [2.24, 2.45) is 5.73 Å². The van der Waals surface area contributed by atoms with Gasteiger partial charge in [-0.25, -0.2) is 0 Å². The molecule has 1 heterocycles. The minimum absolute atomic E-state index is 0.147. The molecule has 0 aliphatic carbocycles. The third kappa shape index (κ3) is 1.88. The van der Waals surface area contributed by atoms with Crippen LogP contribution in [0.2, 0.25) is 0 Å². The number of hydrogen-bond acceptors (Lipinski definition) is 4. The first-order valence-corrected chi connectivity index (χ1v) is 4.64. The summed E-state index contributed by atoms with van der Waals surface area (Å²) in [6.45, 7) is -0.147. The first-order valence-electron chi connectivity index (χ1n) is 4.64. The quantitative estimate of drug-likeness (QED) is 0.751. The standard InChI is InChI=1S/C10H12N4O/c11-9(6-15)10-13-12-7-14(10)8-4-2-1-3-5-8/h1-5,7,9,15H,6,11H2/t9-/m1/s1. The number of aliphatic hydroxyl groups is 1. The zero-order chi connectivity index (χ0) is 10.7. The normalized spacial score (nSPS) is 12.7. The van der Waals surface area contributed by atoms with Crippen molar-refractivity contribution in [1.29, 1.82) is 0 Å². The molecule has 0 aliphatic rings. The Kier molecular flexibility index (Phi) is 2.75. The summed E-state index contributed by atoms with van der Waals surface area (Å²) in [6, 6.07) is 9.12. The van der Waals surface area contributed by atoms with Gasteiger partial charge in [0.1, 0.15) is 6.33 Å². The van der Waals surface area contributed by atoms with Crippen molar-refractivity contribution in [3.05, 3.63) is 42.5 Å². The average Bonchev–Trinajstić information content (AvgIpc) is 2.78. The summed E-state index contributed by atoms with van der Waals surface area (Å²) < 4.78 is 1.76. The second kappa shape index (κ2) is 4.20. The van der Waals surface area contributed by atoms with Crippen LogP contribution in [0.5, 0.6) is 0 Å². The molecule has 2 aromatic rings. The van der Waals surface area contributed by atoms with Crippen molar-refractivity contribution in [3.8, 4) is 5.69 Å². The molecule has 5 nitrogen and oxygen atoms in total. The second-order valence-corrected chi connectivity index (χ2v) is 3.18. The lowest BCUT2D eigenvalue weighted by atomic mass is 10.3. The van der Waals surface area contributed by atoms with E-state index in [2.05, 4.69) is 10.2 Å². The number of aromatic nitrogens is 3. The maximum absolute atomic E-state index is 8.97. The summed E-state index contributed by atoms with van der Waals surface area (Å²) in [4.78, 5) is 0. The highest BCUT2D eigenvalue weighted by atomic mass is 16.3. The van der Waals surface area contributed by atoms with Crippen LogP contribution in [-0.4, -0.2) is 26.5 Å². The molecule has 0 unspecified atom stereocenters. The first-order chi connectivity index (χ1) is 7.33. The number of rotatable bonds is 3. The van der Waals surface area contributed by atoms with E-state index in [1.54, 1.807) is 10.9 Å². The van der Waals surface area contributed by atoms with Gasteiger partial charge < -0.3 is 10.8 Å². The average molecular weight is 204 g/mol. The highest BCUT2D eigenvalue weighted by molar-refractivity contribution is 5.32. The van der Waals surface area contributed by atoms with Gasteiger partial charge in [0, 0.05) is 5.69 Å². The lowest BCUT2D eigenvalue weighted by molar-refractivity contribution is 0.262. The zero-order valence-corrected chi connectivity index (χ0v) is 8.11. The highest BCUT2D eigenvalue weighted by Gasteiger charge is 2.13.